The standard InChI is InChI=1S/C14H15ClN2O/c1-8(18)16-13-4-2-3-10-11-7-9(15)5-6-12(11)17-14(10)13/h5-7,13,17H,2-4H2,1H3,(H,16,18)/t13-/m1/s1. The molecule has 1 heterocycles. The molecule has 1 atom stereocenters. The first-order chi connectivity index (χ1) is 8.65. The Bertz CT molecular complexity index is 618. The number of carbonyl (C=O) groups excluding carboxylic acids is 1. The Labute approximate surface area is 111 Å². The fourth-order valence-corrected chi connectivity index (χ4v) is 3.00. The Morgan fingerprint density at radius 1 is 1.50 bits per heavy atom. The minimum atomic E-state index is 0.0181. The van der Waals surface area contributed by atoms with Crippen LogP contribution in [0.4, 0.5) is 0 Å². The molecule has 3 nitrogen and oxygen atoms in total. The van der Waals surface area contributed by atoms with E-state index in [1.54, 1.807) is 6.92 Å². The lowest BCUT2D eigenvalue weighted by atomic mass is 9.91. The van der Waals surface area contributed by atoms with Crippen molar-refractivity contribution in [3.63, 3.8) is 0 Å². The molecule has 2 N–H and O–H groups in total. The molecule has 94 valence electrons. The SMILES string of the molecule is CC(=O)N[C@@H]1CCCc2c1[nH]c1ccc(Cl)cc21. The first-order valence-corrected chi connectivity index (χ1v) is 6.60. The molecule has 1 aliphatic carbocycles. The summed E-state index contributed by atoms with van der Waals surface area (Å²) >= 11 is 6.06. The molecule has 1 aromatic carbocycles. The minimum Gasteiger partial charge on any atom is -0.356 e. The molecule has 0 saturated carbocycles. The second-order valence-corrected chi connectivity index (χ2v) is 5.29. The van der Waals surface area contributed by atoms with Gasteiger partial charge in [-0.25, -0.2) is 0 Å². The molecule has 0 spiro atoms. The van der Waals surface area contributed by atoms with Gasteiger partial charge in [-0.1, -0.05) is 11.6 Å². The van der Waals surface area contributed by atoms with Gasteiger partial charge in [0.2, 0.25) is 5.91 Å². The van der Waals surface area contributed by atoms with E-state index in [9.17, 15) is 4.79 Å². The van der Waals surface area contributed by atoms with Crippen LogP contribution < -0.4 is 5.32 Å². The van der Waals surface area contributed by atoms with Crippen molar-refractivity contribution < 1.29 is 4.79 Å². The zero-order valence-electron chi connectivity index (χ0n) is 10.2. The van der Waals surface area contributed by atoms with Crippen LogP contribution in [0.2, 0.25) is 5.02 Å². The summed E-state index contributed by atoms with van der Waals surface area (Å²) in [5.41, 5.74) is 3.55. The summed E-state index contributed by atoms with van der Waals surface area (Å²) in [6.07, 6.45) is 3.14. The van der Waals surface area contributed by atoms with Gasteiger partial charge in [0, 0.05) is 28.5 Å². The van der Waals surface area contributed by atoms with Crippen LogP contribution in [0.3, 0.4) is 0 Å². The van der Waals surface area contributed by atoms with E-state index in [4.69, 9.17) is 11.6 Å². The maximum absolute atomic E-state index is 11.2. The van der Waals surface area contributed by atoms with Crippen molar-refractivity contribution in [3.05, 3.63) is 34.5 Å². The molecule has 0 saturated heterocycles. The Kier molecular flexibility index (Phi) is 2.78. The van der Waals surface area contributed by atoms with Crippen LogP contribution in [-0.4, -0.2) is 10.9 Å². The lowest BCUT2D eigenvalue weighted by molar-refractivity contribution is -0.119. The highest BCUT2D eigenvalue weighted by Gasteiger charge is 2.24. The second-order valence-electron chi connectivity index (χ2n) is 4.85. The van der Waals surface area contributed by atoms with Crippen LogP contribution in [0.1, 0.15) is 37.1 Å². The zero-order valence-corrected chi connectivity index (χ0v) is 11.0. The van der Waals surface area contributed by atoms with E-state index >= 15 is 0 Å². The van der Waals surface area contributed by atoms with E-state index < -0.39 is 0 Å². The van der Waals surface area contributed by atoms with Crippen LogP contribution >= 0.6 is 11.6 Å². The van der Waals surface area contributed by atoms with Gasteiger partial charge in [0.1, 0.15) is 0 Å². The summed E-state index contributed by atoms with van der Waals surface area (Å²) < 4.78 is 0. The number of rotatable bonds is 1. The molecule has 1 aliphatic rings. The van der Waals surface area contributed by atoms with Crippen molar-refractivity contribution in [2.24, 2.45) is 0 Å². The molecular formula is C14H15ClN2O. The van der Waals surface area contributed by atoms with E-state index in [1.807, 2.05) is 18.2 Å². The van der Waals surface area contributed by atoms with Gasteiger partial charge in [-0.05, 0) is 43.0 Å². The van der Waals surface area contributed by atoms with Crippen molar-refractivity contribution in [1.82, 2.24) is 10.3 Å². The summed E-state index contributed by atoms with van der Waals surface area (Å²) in [6, 6.07) is 6.00. The van der Waals surface area contributed by atoms with Crippen LogP contribution in [0.5, 0.6) is 0 Å². The molecule has 1 amide bonds. The fraction of sp³-hybridized carbons (Fsp3) is 0.357. The fourth-order valence-electron chi connectivity index (χ4n) is 2.82. The summed E-state index contributed by atoms with van der Waals surface area (Å²) in [6.45, 7) is 1.56. The molecule has 3 rings (SSSR count). The number of aromatic amines is 1. The zero-order chi connectivity index (χ0) is 12.7. The third-order valence-corrected chi connectivity index (χ3v) is 3.78. The monoisotopic (exact) mass is 262 g/mol. The average molecular weight is 263 g/mol. The van der Waals surface area contributed by atoms with Crippen molar-refractivity contribution >= 4 is 28.4 Å². The largest absolute Gasteiger partial charge is 0.356 e. The number of hydrogen-bond donors (Lipinski definition) is 2. The molecule has 0 aliphatic heterocycles. The van der Waals surface area contributed by atoms with Gasteiger partial charge in [-0.2, -0.15) is 0 Å². The van der Waals surface area contributed by atoms with Crippen molar-refractivity contribution in [3.8, 4) is 0 Å². The molecule has 0 radical (unpaired) electrons. The molecule has 18 heavy (non-hydrogen) atoms. The summed E-state index contributed by atoms with van der Waals surface area (Å²) in [4.78, 5) is 14.7. The van der Waals surface area contributed by atoms with Gasteiger partial charge in [0.05, 0.1) is 6.04 Å². The Balaban J connectivity index is 2.12. The number of fused-ring (bicyclic) bond motifs is 3. The number of nitrogens with one attached hydrogen (secondary N) is 2. The molecule has 1 aromatic heterocycles. The van der Waals surface area contributed by atoms with Gasteiger partial charge in [-0.3, -0.25) is 4.79 Å². The number of H-pyrrole nitrogens is 1. The molecule has 0 unspecified atom stereocenters. The number of aryl methyl sites for hydroxylation is 1. The molecular weight excluding hydrogens is 248 g/mol. The molecule has 4 heteroatoms. The maximum Gasteiger partial charge on any atom is 0.217 e. The highest BCUT2D eigenvalue weighted by molar-refractivity contribution is 6.31. The Morgan fingerprint density at radius 3 is 3.11 bits per heavy atom. The van der Waals surface area contributed by atoms with E-state index in [2.05, 4.69) is 10.3 Å². The molecule has 2 aromatic rings. The van der Waals surface area contributed by atoms with Gasteiger partial charge in [-0.15, -0.1) is 0 Å². The summed E-state index contributed by atoms with van der Waals surface area (Å²) in [7, 11) is 0. The molecule has 0 bridgehead atoms. The first kappa shape index (κ1) is 11.6. The minimum absolute atomic E-state index is 0.0181. The Morgan fingerprint density at radius 2 is 2.33 bits per heavy atom. The summed E-state index contributed by atoms with van der Waals surface area (Å²) in [5, 5.41) is 4.95. The van der Waals surface area contributed by atoms with Crippen LogP contribution in [0.15, 0.2) is 18.2 Å². The van der Waals surface area contributed by atoms with Crippen LogP contribution in [0, 0.1) is 0 Å². The van der Waals surface area contributed by atoms with Gasteiger partial charge in [0.15, 0.2) is 0 Å². The summed E-state index contributed by atoms with van der Waals surface area (Å²) in [5.74, 6) is 0.0181. The third-order valence-electron chi connectivity index (χ3n) is 3.55. The first-order valence-electron chi connectivity index (χ1n) is 6.22. The number of benzene rings is 1. The van der Waals surface area contributed by atoms with E-state index in [0.717, 1.165) is 35.5 Å². The second kappa shape index (κ2) is 4.32. The van der Waals surface area contributed by atoms with E-state index in [0.29, 0.717) is 0 Å². The van der Waals surface area contributed by atoms with E-state index in [-0.39, 0.29) is 11.9 Å². The number of carbonyl (C=O) groups is 1. The predicted octanol–water partition coefficient (Wildman–Crippen LogP) is 3.33. The lowest BCUT2D eigenvalue weighted by Crippen LogP contribution is -2.28. The maximum atomic E-state index is 11.2. The average Bonchev–Trinajstić information content (AvgIpc) is 2.68. The highest BCUT2D eigenvalue weighted by atomic mass is 35.5. The van der Waals surface area contributed by atoms with Crippen molar-refractivity contribution in [2.75, 3.05) is 0 Å². The quantitative estimate of drug-likeness (QED) is 0.813. The predicted molar refractivity (Wildman–Crippen MR) is 72.8 cm³/mol. The van der Waals surface area contributed by atoms with Gasteiger partial charge in [0.25, 0.3) is 0 Å². The molecule has 0 fully saturated rings. The number of aromatic nitrogens is 1. The van der Waals surface area contributed by atoms with Crippen molar-refractivity contribution in [1.29, 1.82) is 0 Å². The van der Waals surface area contributed by atoms with Crippen LogP contribution in [-0.2, 0) is 11.2 Å². The number of amides is 1. The van der Waals surface area contributed by atoms with Crippen molar-refractivity contribution in [2.45, 2.75) is 32.2 Å². The third kappa shape index (κ3) is 1.89. The van der Waals surface area contributed by atoms with Gasteiger partial charge < -0.3 is 10.3 Å². The number of halogens is 1. The normalized spacial score (nSPS) is 18.7. The lowest BCUT2D eigenvalue weighted by Gasteiger charge is -2.23. The van der Waals surface area contributed by atoms with Crippen LogP contribution in [0.25, 0.3) is 10.9 Å². The smallest absolute Gasteiger partial charge is 0.217 e. The Hall–Kier alpha value is -1.48. The number of hydrogen-bond acceptors (Lipinski definition) is 1. The van der Waals surface area contributed by atoms with E-state index in [1.165, 1.54) is 10.9 Å². The topological polar surface area (TPSA) is 44.9 Å². The van der Waals surface area contributed by atoms with Gasteiger partial charge >= 0.3 is 0 Å². The highest BCUT2D eigenvalue weighted by Crippen LogP contribution is 2.35.